The Bertz CT molecular complexity index is 148. The highest BCUT2D eigenvalue weighted by Crippen LogP contribution is 1.91. The van der Waals surface area contributed by atoms with Gasteiger partial charge < -0.3 is 5.32 Å². The Hall–Kier alpha value is -0.610. The fourth-order valence-electron chi connectivity index (χ4n) is 0.882. The van der Waals surface area contributed by atoms with Gasteiger partial charge in [0.05, 0.1) is 0 Å². The molecule has 0 heterocycles. The highest BCUT2D eigenvalue weighted by Gasteiger charge is 2.08. The Morgan fingerprint density at radius 2 is 1.85 bits per heavy atom. The van der Waals surface area contributed by atoms with Gasteiger partial charge in [0.2, 0.25) is 5.91 Å². The number of carbonyl (C=O) groups is 1. The van der Waals surface area contributed by atoms with Crippen molar-refractivity contribution in [1.29, 1.82) is 0 Å². The summed E-state index contributed by atoms with van der Waals surface area (Å²) in [5.41, 5.74) is 0. The number of hydrogen-bond donors (Lipinski definition) is 1. The topological polar surface area (TPSA) is 35.6 Å². The van der Waals surface area contributed by atoms with E-state index in [4.69, 9.17) is 0 Å². The van der Waals surface area contributed by atoms with Gasteiger partial charge in [-0.25, -0.2) is 5.01 Å². The lowest BCUT2D eigenvalue weighted by Gasteiger charge is -2.24. The molecule has 0 bridgehead atoms. The minimum atomic E-state index is 0.147. The maximum Gasteiger partial charge on any atom is 0.237 e. The third-order valence-corrected chi connectivity index (χ3v) is 1.90. The van der Waals surface area contributed by atoms with Gasteiger partial charge in [-0.05, 0) is 13.0 Å². The Kier molecular flexibility index (Phi) is 6.54. The summed E-state index contributed by atoms with van der Waals surface area (Å²) in [5, 5.41) is 6.59. The van der Waals surface area contributed by atoms with Crippen LogP contribution in [0, 0.1) is 0 Å². The van der Waals surface area contributed by atoms with Gasteiger partial charge in [-0.1, -0.05) is 6.92 Å². The number of hydrogen-bond acceptors (Lipinski definition) is 3. The molecule has 0 aromatic carbocycles. The first kappa shape index (κ1) is 12.4. The average molecular weight is 187 g/mol. The van der Waals surface area contributed by atoms with Crippen LogP contribution in [0.15, 0.2) is 0 Å². The second-order valence-corrected chi connectivity index (χ2v) is 3.26. The number of amides is 1. The molecule has 0 aromatic rings. The van der Waals surface area contributed by atoms with E-state index >= 15 is 0 Å². The van der Waals surface area contributed by atoms with Crippen molar-refractivity contribution in [2.24, 2.45) is 0 Å². The van der Waals surface area contributed by atoms with Crippen LogP contribution in [0.4, 0.5) is 0 Å². The van der Waals surface area contributed by atoms with Crippen LogP contribution >= 0.6 is 0 Å². The van der Waals surface area contributed by atoms with Gasteiger partial charge in [-0.3, -0.25) is 9.80 Å². The molecule has 0 unspecified atom stereocenters. The lowest BCUT2D eigenvalue weighted by molar-refractivity contribution is -0.141. The van der Waals surface area contributed by atoms with Crippen LogP contribution in [0.2, 0.25) is 0 Å². The van der Waals surface area contributed by atoms with Gasteiger partial charge in [-0.2, -0.15) is 0 Å². The summed E-state index contributed by atoms with van der Waals surface area (Å²) < 4.78 is 0. The van der Waals surface area contributed by atoms with E-state index in [1.807, 2.05) is 14.1 Å². The molecule has 1 amide bonds. The zero-order valence-corrected chi connectivity index (χ0v) is 9.13. The smallest absolute Gasteiger partial charge is 0.237 e. The Balaban J connectivity index is 3.50. The van der Waals surface area contributed by atoms with Gasteiger partial charge in [-0.15, -0.1) is 0 Å². The van der Waals surface area contributed by atoms with Crippen LogP contribution in [0.3, 0.4) is 0 Å². The van der Waals surface area contributed by atoms with Crippen LogP contribution in [0.1, 0.15) is 19.8 Å². The lowest BCUT2D eigenvalue weighted by Crippen LogP contribution is -2.39. The van der Waals surface area contributed by atoms with E-state index in [0.717, 1.165) is 19.5 Å². The molecular weight excluding hydrogens is 166 g/mol. The second-order valence-electron chi connectivity index (χ2n) is 3.26. The zero-order chi connectivity index (χ0) is 10.3. The molecule has 0 spiro atoms. The van der Waals surface area contributed by atoms with Gasteiger partial charge in [0, 0.05) is 34.1 Å². The van der Waals surface area contributed by atoms with Crippen molar-refractivity contribution in [3.8, 4) is 0 Å². The van der Waals surface area contributed by atoms with E-state index < -0.39 is 0 Å². The largest absolute Gasteiger partial charge is 0.316 e. The van der Waals surface area contributed by atoms with Gasteiger partial charge in [0.1, 0.15) is 0 Å². The third kappa shape index (κ3) is 5.60. The zero-order valence-electron chi connectivity index (χ0n) is 9.13. The summed E-state index contributed by atoms with van der Waals surface area (Å²) in [4.78, 5) is 11.4. The minimum Gasteiger partial charge on any atom is -0.316 e. The molecule has 0 fully saturated rings. The SMILES string of the molecule is CCCNCCC(=O)N(C)N(C)C. The predicted octanol–water partition coefficient (Wildman–Crippen LogP) is 0.311. The van der Waals surface area contributed by atoms with Crippen molar-refractivity contribution in [2.75, 3.05) is 34.2 Å². The Morgan fingerprint density at radius 1 is 1.23 bits per heavy atom. The molecule has 13 heavy (non-hydrogen) atoms. The molecular formula is C9H21N3O. The Morgan fingerprint density at radius 3 is 2.31 bits per heavy atom. The molecule has 0 aromatic heterocycles. The minimum absolute atomic E-state index is 0.147. The van der Waals surface area contributed by atoms with Gasteiger partial charge in [0.15, 0.2) is 0 Å². The number of rotatable bonds is 6. The second kappa shape index (κ2) is 6.86. The standard InChI is InChI=1S/C9H21N3O/c1-5-7-10-8-6-9(13)12(4)11(2)3/h10H,5-8H2,1-4H3. The summed E-state index contributed by atoms with van der Waals surface area (Å²) in [6, 6.07) is 0. The van der Waals surface area contributed by atoms with E-state index in [0.29, 0.717) is 6.42 Å². The molecule has 0 aliphatic heterocycles. The highest BCUT2D eigenvalue weighted by molar-refractivity contribution is 5.75. The quantitative estimate of drug-likeness (QED) is 0.480. The fourth-order valence-corrected chi connectivity index (χ4v) is 0.882. The summed E-state index contributed by atoms with van der Waals surface area (Å²) in [7, 11) is 5.50. The molecule has 0 rings (SSSR count). The first-order valence-electron chi connectivity index (χ1n) is 4.74. The first-order valence-corrected chi connectivity index (χ1v) is 4.74. The summed E-state index contributed by atoms with van der Waals surface area (Å²) >= 11 is 0. The van der Waals surface area contributed by atoms with E-state index in [9.17, 15) is 4.79 Å². The molecule has 4 heteroatoms. The third-order valence-electron chi connectivity index (χ3n) is 1.90. The molecule has 4 nitrogen and oxygen atoms in total. The summed E-state index contributed by atoms with van der Waals surface area (Å²) in [6.45, 7) is 3.87. The molecule has 1 N–H and O–H groups in total. The summed E-state index contributed by atoms with van der Waals surface area (Å²) in [6.07, 6.45) is 1.67. The van der Waals surface area contributed by atoms with E-state index in [2.05, 4.69) is 12.2 Å². The molecule has 0 saturated heterocycles. The molecule has 0 radical (unpaired) electrons. The maximum absolute atomic E-state index is 11.4. The maximum atomic E-state index is 11.4. The van der Waals surface area contributed by atoms with E-state index in [1.54, 1.807) is 17.1 Å². The first-order chi connectivity index (χ1) is 6.09. The fraction of sp³-hybridized carbons (Fsp3) is 0.889. The van der Waals surface area contributed by atoms with E-state index in [-0.39, 0.29) is 5.91 Å². The summed E-state index contributed by atoms with van der Waals surface area (Å²) in [5.74, 6) is 0.147. The molecule has 0 aliphatic carbocycles. The lowest BCUT2D eigenvalue weighted by atomic mass is 10.4. The molecule has 0 aliphatic rings. The van der Waals surface area contributed by atoms with Crippen LogP contribution in [0.5, 0.6) is 0 Å². The number of carbonyl (C=O) groups excluding carboxylic acids is 1. The number of nitrogens with one attached hydrogen (secondary N) is 1. The number of nitrogens with zero attached hydrogens (tertiary/aromatic N) is 2. The van der Waals surface area contributed by atoms with Crippen molar-refractivity contribution in [1.82, 2.24) is 15.3 Å². The van der Waals surface area contributed by atoms with Crippen molar-refractivity contribution in [3.05, 3.63) is 0 Å². The Labute approximate surface area is 80.9 Å². The van der Waals surface area contributed by atoms with Crippen LogP contribution < -0.4 is 5.32 Å². The molecule has 78 valence electrons. The van der Waals surface area contributed by atoms with Crippen molar-refractivity contribution >= 4 is 5.91 Å². The highest BCUT2D eigenvalue weighted by atomic mass is 16.2. The molecule has 0 saturated carbocycles. The van der Waals surface area contributed by atoms with E-state index in [1.165, 1.54) is 0 Å². The van der Waals surface area contributed by atoms with Crippen LogP contribution in [-0.4, -0.2) is 50.2 Å². The average Bonchev–Trinajstić information content (AvgIpc) is 2.10. The number of hydrazine groups is 1. The van der Waals surface area contributed by atoms with Crippen LogP contribution in [0.25, 0.3) is 0 Å². The predicted molar refractivity (Wildman–Crippen MR) is 54.2 cm³/mol. The van der Waals surface area contributed by atoms with Crippen molar-refractivity contribution in [3.63, 3.8) is 0 Å². The van der Waals surface area contributed by atoms with Crippen LogP contribution in [-0.2, 0) is 4.79 Å². The van der Waals surface area contributed by atoms with Crippen molar-refractivity contribution in [2.45, 2.75) is 19.8 Å². The normalized spacial score (nSPS) is 10.5. The van der Waals surface area contributed by atoms with Gasteiger partial charge >= 0.3 is 0 Å². The van der Waals surface area contributed by atoms with Crippen molar-refractivity contribution < 1.29 is 4.79 Å². The molecule has 0 atom stereocenters. The monoisotopic (exact) mass is 187 g/mol. The van der Waals surface area contributed by atoms with Gasteiger partial charge in [0.25, 0.3) is 0 Å².